The monoisotopic (exact) mass is 250 g/mol. The first-order valence-electron chi connectivity index (χ1n) is 4.64. The van der Waals surface area contributed by atoms with Gasteiger partial charge in [-0.2, -0.15) is 9.61 Å². The Morgan fingerprint density at radius 3 is 3.06 bits per heavy atom. The summed E-state index contributed by atoms with van der Waals surface area (Å²) in [6.07, 6.45) is 1.69. The molecule has 1 N–H and O–H groups in total. The number of hydrogen-bond acceptors (Lipinski definition) is 4. The van der Waals surface area contributed by atoms with Gasteiger partial charge in [-0.05, 0) is 11.4 Å². The minimum atomic E-state index is 0.703. The zero-order valence-electron chi connectivity index (χ0n) is 8.09. The molecule has 3 aromatic heterocycles. The summed E-state index contributed by atoms with van der Waals surface area (Å²) in [7, 11) is 0. The van der Waals surface area contributed by atoms with Crippen LogP contribution in [-0.2, 0) is 0 Å². The summed E-state index contributed by atoms with van der Waals surface area (Å²) >= 11 is 7.25. The third-order valence-corrected chi connectivity index (χ3v) is 3.31. The van der Waals surface area contributed by atoms with Gasteiger partial charge in [-0.25, -0.2) is 4.98 Å². The molecule has 0 aliphatic heterocycles. The molecule has 4 nitrogen and oxygen atoms in total. The van der Waals surface area contributed by atoms with Crippen molar-refractivity contribution in [2.45, 2.75) is 0 Å². The molecule has 0 aliphatic rings. The lowest BCUT2D eigenvalue weighted by molar-refractivity contribution is 0.957. The van der Waals surface area contributed by atoms with Crippen molar-refractivity contribution < 1.29 is 0 Å². The number of halogens is 1. The fourth-order valence-corrected chi connectivity index (χ4v) is 2.34. The van der Waals surface area contributed by atoms with Crippen LogP contribution in [0.5, 0.6) is 0 Å². The molecular weight excluding hydrogens is 244 g/mol. The fourth-order valence-electron chi connectivity index (χ4n) is 1.51. The SMILES string of the molecule is ClNc1ccnc2cc(-c3cccs3)nn12. The molecule has 6 heteroatoms. The second-order valence-corrected chi connectivity index (χ2v) is 4.34. The largest absolute Gasteiger partial charge is 0.282 e. The number of thiophene rings is 1. The van der Waals surface area contributed by atoms with Crippen molar-refractivity contribution in [1.82, 2.24) is 14.6 Å². The van der Waals surface area contributed by atoms with Crippen molar-refractivity contribution in [3.63, 3.8) is 0 Å². The maximum Gasteiger partial charge on any atom is 0.157 e. The number of fused-ring (bicyclic) bond motifs is 1. The molecule has 0 spiro atoms. The summed E-state index contributed by atoms with van der Waals surface area (Å²) in [4.78, 5) is 7.91. The van der Waals surface area contributed by atoms with Crippen molar-refractivity contribution in [3.8, 4) is 10.6 Å². The maximum absolute atomic E-state index is 5.60. The number of rotatable bonds is 2. The second-order valence-electron chi connectivity index (χ2n) is 3.20. The van der Waals surface area contributed by atoms with Crippen LogP contribution in [0.25, 0.3) is 16.2 Å². The van der Waals surface area contributed by atoms with Crippen molar-refractivity contribution in [3.05, 3.63) is 35.8 Å². The predicted octanol–water partition coefficient (Wildman–Crippen LogP) is 3.02. The molecule has 0 atom stereocenters. The Kier molecular flexibility index (Phi) is 2.27. The highest BCUT2D eigenvalue weighted by Gasteiger charge is 2.08. The average molecular weight is 251 g/mol. The topological polar surface area (TPSA) is 42.2 Å². The molecule has 0 radical (unpaired) electrons. The van der Waals surface area contributed by atoms with Gasteiger partial charge in [0.1, 0.15) is 11.5 Å². The highest BCUT2D eigenvalue weighted by molar-refractivity contribution is 7.13. The van der Waals surface area contributed by atoms with Crippen LogP contribution in [0.1, 0.15) is 0 Å². The molecule has 0 aliphatic carbocycles. The third-order valence-electron chi connectivity index (χ3n) is 2.23. The van der Waals surface area contributed by atoms with E-state index in [1.165, 1.54) is 0 Å². The zero-order chi connectivity index (χ0) is 11.0. The molecule has 0 aromatic carbocycles. The van der Waals surface area contributed by atoms with Crippen LogP contribution < -0.4 is 4.84 Å². The van der Waals surface area contributed by atoms with Crippen LogP contribution >= 0.6 is 23.1 Å². The molecule has 16 heavy (non-hydrogen) atoms. The van der Waals surface area contributed by atoms with Crippen molar-refractivity contribution in [2.24, 2.45) is 0 Å². The van der Waals surface area contributed by atoms with Crippen LogP contribution in [-0.4, -0.2) is 14.6 Å². The van der Waals surface area contributed by atoms with E-state index in [9.17, 15) is 0 Å². The minimum absolute atomic E-state index is 0.703. The Morgan fingerprint density at radius 2 is 2.31 bits per heavy atom. The molecule has 0 unspecified atom stereocenters. The quantitative estimate of drug-likeness (QED) is 0.711. The molecular formula is C10H7ClN4S. The van der Waals surface area contributed by atoms with Gasteiger partial charge < -0.3 is 0 Å². The van der Waals surface area contributed by atoms with E-state index in [1.54, 1.807) is 28.1 Å². The van der Waals surface area contributed by atoms with Gasteiger partial charge in [0.05, 0.1) is 4.88 Å². The van der Waals surface area contributed by atoms with Crippen LogP contribution in [0.4, 0.5) is 5.82 Å². The Balaban J connectivity index is 2.23. The summed E-state index contributed by atoms with van der Waals surface area (Å²) in [5.41, 5.74) is 1.68. The lowest BCUT2D eigenvalue weighted by atomic mass is 10.3. The van der Waals surface area contributed by atoms with Crippen LogP contribution in [0, 0.1) is 0 Å². The van der Waals surface area contributed by atoms with E-state index in [4.69, 9.17) is 11.8 Å². The molecule has 3 rings (SSSR count). The summed E-state index contributed by atoms with van der Waals surface area (Å²) in [5, 5.41) is 6.46. The Bertz CT molecular complexity index is 617. The first kappa shape index (κ1) is 9.62. The summed E-state index contributed by atoms with van der Waals surface area (Å²) in [6.45, 7) is 0. The van der Waals surface area contributed by atoms with E-state index in [1.807, 2.05) is 23.6 Å². The van der Waals surface area contributed by atoms with Crippen molar-refractivity contribution in [1.29, 1.82) is 0 Å². The number of nitrogens with one attached hydrogen (secondary N) is 1. The number of aromatic nitrogens is 3. The highest BCUT2D eigenvalue weighted by Crippen LogP contribution is 2.25. The van der Waals surface area contributed by atoms with Gasteiger partial charge in [-0.3, -0.25) is 4.84 Å². The fraction of sp³-hybridized carbons (Fsp3) is 0. The molecule has 3 heterocycles. The van der Waals surface area contributed by atoms with Gasteiger partial charge in [0.2, 0.25) is 0 Å². The number of nitrogens with zero attached hydrogens (tertiary/aromatic N) is 3. The molecule has 0 fully saturated rings. The van der Waals surface area contributed by atoms with E-state index in [0.29, 0.717) is 5.82 Å². The van der Waals surface area contributed by atoms with E-state index in [-0.39, 0.29) is 0 Å². The van der Waals surface area contributed by atoms with Gasteiger partial charge in [-0.1, -0.05) is 6.07 Å². The van der Waals surface area contributed by atoms with E-state index >= 15 is 0 Å². The average Bonchev–Trinajstić information content (AvgIpc) is 2.96. The molecule has 0 saturated carbocycles. The molecule has 0 bridgehead atoms. The first-order valence-corrected chi connectivity index (χ1v) is 5.89. The second kappa shape index (κ2) is 3.77. The van der Waals surface area contributed by atoms with Gasteiger partial charge in [0, 0.05) is 30.1 Å². The summed E-state index contributed by atoms with van der Waals surface area (Å²) in [6, 6.07) is 7.73. The predicted molar refractivity (Wildman–Crippen MR) is 65.8 cm³/mol. The highest BCUT2D eigenvalue weighted by atomic mass is 35.5. The van der Waals surface area contributed by atoms with Crippen LogP contribution in [0.3, 0.4) is 0 Å². The molecule has 80 valence electrons. The van der Waals surface area contributed by atoms with E-state index in [2.05, 4.69) is 14.9 Å². The number of anilines is 1. The smallest absolute Gasteiger partial charge is 0.157 e. The minimum Gasteiger partial charge on any atom is -0.282 e. The maximum atomic E-state index is 5.60. The first-order chi connectivity index (χ1) is 7.88. The standard InChI is InChI=1S/C10H7ClN4S/c11-13-9-3-4-12-10-6-7(14-15(9)10)8-2-1-5-16-8/h1-6,13H. The van der Waals surface area contributed by atoms with E-state index < -0.39 is 0 Å². The Labute approximate surface area is 101 Å². The van der Waals surface area contributed by atoms with Gasteiger partial charge in [0.25, 0.3) is 0 Å². The normalized spacial score (nSPS) is 10.8. The molecule has 0 saturated heterocycles. The lowest BCUT2D eigenvalue weighted by Crippen LogP contribution is -1.96. The summed E-state index contributed by atoms with van der Waals surface area (Å²) in [5.74, 6) is 0.703. The Hall–Kier alpha value is -1.59. The molecule has 0 amide bonds. The third kappa shape index (κ3) is 1.45. The lowest BCUT2D eigenvalue weighted by Gasteiger charge is -1.99. The van der Waals surface area contributed by atoms with Gasteiger partial charge in [-0.15, -0.1) is 11.3 Å². The van der Waals surface area contributed by atoms with Gasteiger partial charge >= 0.3 is 0 Å². The van der Waals surface area contributed by atoms with Crippen LogP contribution in [0.2, 0.25) is 0 Å². The number of hydrogen-bond donors (Lipinski definition) is 1. The van der Waals surface area contributed by atoms with E-state index in [0.717, 1.165) is 16.2 Å². The molecule has 3 aromatic rings. The van der Waals surface area contributed by atoms with Gasteiger partial charge in [0.15, 0.2) is 5.65 Å². The van der Waals surface area contributed by atoms with Crippen molar-refractivity contribution in [2.75, 3.05) is 4.84 Å². The summed E-state index contributed by atoms with van der Waals surface area (Å²) < 4.78 is 1.68. The Morgan fingerprint density at radius 1 is 1.38 bits per heavy atom. The van der Waals surface area contributed by atoms with Crippen molar-refractivity contribution >= 4 is 34.6 Å². The zero-order valence-corrected chi connectivity index (χ0v) is 9.66. The van der Waals surface area contributed by atoms with Crippen LogP contribution in [0.15, 0.2) is 35.8 Å².